The summed E-state index contributed by atoms with van der Waals surface area (Å²) in [5, 5.41) is 0. The summed E-state index contributed by atoms with van der Waals surface area (Å²) in [6, 6.07) is 22.4. The Morgan fingerprint density at radius 3 is 2.28 bits per heavy atom. The summed E-state index contributed by atoms with van der Waals surface area (Å²) in [4.78, 5) is 24.3. The molecule has 3 rings (SSSR count). The Labute approximate surface area is 196 Å². The highest BCUT2D eigenvalue weighted by Crippen LogP contribution is 2.26. The summed E-state index contributed by atoms with van der Waals surface area (Å²) in [5.74, 6) is 0.329. The fourth-order valence-corrected chi connectivity index (χ4v) is 3.34. The maximum absolute atomic E-state index is 12.3. The number of nitrogens with one attached hydrogen (secondary N) is 2. The van der Waals surface area contributed by atoms with Crippen LogP contribution < -0.4 is 20.3 Å². The van der Waals surface area contributed by atoms with Gasteiger partial charge in [-0.15, -0.1) is 0 Å². The van der Waals surface area contributed by atoms with Crippen LogP contribution in [0.25, 0.3) is 11.1 Å². The van der Waals surface area contributed by atoms with E-state index in [4.69, 9.17) is 9.47 Å². The van der Waals surface area contributed by atoms with Crippen molar-refractivity contribution in [1.82, 2.24) is 10.9 Å². The van der Waals surface area contributed by atoms with Crippen LogP contribution in [0.15, 0.2) is 77.3 Å². The minimum absolute atomic E-state index is 0.223. The molecule has 32 heavy (non-hydrogen) atoms. The molecule has 0 aliphatic carbocycles. The second-order valence-electron chi connectivity index (χ2n) is 7.03. The lowest BCUT2D eigenvalue weighted by atomic mass is 10.1. The van der Waals surface area contributed by atoms with Crippen LogP contribution >= 0.6 is 15.9 Å². The summed E-state index contributed by atoms with van der Waals surface area (Å²) in [6.45, 7) is 2.48. The minimum atomic E-state index is -0.468. The average Bonchev–Trinajstić information content (AvgIpc) is 2.83. The fourth-order valence-electron chi connectivity index (χ4n) is 2.84. The van der Waals surface area contributed by atoms with E-state index >= 15 is 0 Å². The molecular formula is C25H25BrN2O4. The van der Waals surface area contributed by atoms with Crippen LogP contribution in [0.3, 0.4) is 0 Å². The van der Waals surface area contributed by atoms with Crippen molar-refractivity contribution < 1.29 is 19.1 Å². The molecule has 2 amide bonds. The summed E-state index contributed by atoms with van der Waals surface area (Å²) in [7, 11) is 0. The van der Waals surface area contributed by atoms with E-state index < -0.39 is 11.8 Å². The van der Waals surface area contributed by atoms with Crippen molar-refractivity contribution in [3.63, 3.8) is 0 Å². The zero-order chi connectivity index (χ0) is 22.8. The molecule has 0 aromatic heterocycles. The molecule has 0 unspecified atom stereocenters. The molecule has 0 bridgehead atoms. The second-order valence-corrected chi connectivity index (χ2v) is 7.88. The zero-order valence-corrected chi connectivity index (χ0v) is 19.4. The smallest absolute Gasteiger partial charge is 0.276 e. The van der Waals surface area contributed by atoms with Crippen molar-refractivity contribution in [3.05, 3.63) is 82.8 Å². The monoisotopic (exact) mass is 496 g/mol. The number of hydrogen-bond donors (Lipinski definition) is 2. The van der Waals surface area contributed by atoms with Gasteiger partial charge in [-0.3, -0.25) is 20.4 Å². The first-order valence-corrected chi connectivity index (χ1v) is 11.2. The number of halogens is 1. The zero-order valence-electron chi connectivity index (χ0n) is 17.8. The van der Waals surface area contributed by atoms with Crippen LogP contribution in [0.2, 0.25) is 0 Å². The third-order valence-corrected chi connectivity index (χ3v) is 5.22. The molecule has 0 fully saturated rings. The van der Waals surface area contributed by atoms with E-state index in [2.05, 4.69) is 33.7 Å². The third kappa shape index (κ3) is 6.85. The van der Waals surface area contributed by atoms with Gasteiger partial charge in [-0.25, -0.2) is 0 Å². The summed E-state index contributed by atoms with van der Waals surface area (Å²) in [5.41, 5.74) is 7.29. The highest BCUT2D eigenvalue weighted by Gasteiger charge is 2.11. The Bertz CT molecular complexity index is 1040. The number of carbonyl (C=O) groups is 2. The summed E-state index contributed by atoms with van der Waals surface area (Å²) < 4.78 is 11.8. The number of rotatable bonds is 9. The molecular weight excluding hydrogens is 472 g/mol. The van der Waals surface area contributed by atoms with Gasteiger partial charge in [0.25, 0.3) is 11.8 Å². The molecule has 0 atom stereocenters. The molecule has 3 aromatic rings. The van der Waals surface area contributed by atoms with Gasteiger partial charge < -0.3 is 9.47 Å². The lowest BCUT2D eigenvalue weighted by Gasteiger charge is -2.11. The van der Waals surface area contributed by atoms with E-state index in [1.807, 2.05) is 42.5 Å². The third-order valence-electron chi connectivity index (χ3n) is 4.60. The van der Waals surface area contributed by atoms with Gasteiger partial charge in [-0.05, 0) is 63.8 Å². The van der Waals surface area contributed by atoms with E-state index in [0.29, 0.717) is 28.1 Å². The first-order valence-electron chi connectivity index (χ1n) is 10.4. The van der Waals surface area contributed by atoms with Gasteiger partial charge in [0, 0.05) is 5.56 Å². The summed E-state index contributed by atoms with van der Waals surface area (Å²) in [6.07, 6.45) is 2.00. The lowest BCUT2D eigenvalue weighted by molar-refractivity contribution is -0.123. The van der Waals surface area contributed by atoms with Crippen LogP contribution in [0.4, 0.5) is 0 Å². The Balaban J connectivity index is 1.44. The SMILES string of the molecule is CCCCOc1ccc(C(=O)NNC(=O)COc2ccc(-c3ccccc3)cc2)cc1Br. The number of amides is 2. The molecule has 0 radical (unpaired) electrons. The van der Waals surface area contributed by atoms with Gasteiger partial charge >= 0.3 is 0 Å². The predicted octanol–water partition coefficient (Wildman–Crippen LogP) is 5.14. The van der Waals surface area contributed by atoms with E-state index in [1.54, 1.807) is 30.3 Å². The molecule has 2 N–H and O–H groups in total. The lowest BCUT2D eigenvalue weighted by Crippen LogP contribution is -2.43. The van der Waals surface area contributed by atoms with Crippen LogP contribution in [0.5, 0.6) is 11.5 Å². The van der Waals surface area contributed by atoms with Crippen LogP contribution in [0, 0.1) is 0 Å². The van der Waals surface area contributed by atoms with Gasteiger partial charge in [-0.2, -0.15) is 0 Å². The van der Waals surface area contributed by atoms with Gasteiger partial charge in [0.05, 0.1) is 11.1 Å². The molecule has 0 heterocycles. The number of unbranched alkanes of at least 4 members (excludes halogenated alkanes) is 1. The minimum Gasteiger partial charge on any atom is -0.492 e. The number of hydrogen-bond acceptors (Lipinski definition) is 4. The molecule has 166 valence electrons. The molecule has 0 saturated carbocycles. The second kappa shape index (κ2) is 11.9. The molecule has 0 saturated heterocycles. The number of carbonyl (C=O) groups excluding carboxylic acids is 2. The van der Waals surface area contributed by atoms with Crippen LogP contribution in [0.1, 0.15) is 30.1 Å². The first kappa shape index (κ1) is 23.3. The Kier molecular flexibility index (Phi) is 8.69. The van der Waals surface area contributed by atoms with Crippen molar-refractivity contribution in [3.8, 4) is 22.6 Å². The standard InChI is InChI=1S/C25H25BrN2O4/c1-2-3-15-31-23-14-11-20(16-22(23)26)25(30)28-27-24(29)17-32-21-12-9-19(10-13-21)18-7-5-4-6-8-18/h4-14,16H,2-3,15,17H2,1H3,(H,27,29)(H,28,30). The maximum atomic E-state index is 12.3. The van der Waals surface area contributed by atoms with Crippen molar-refractivity contribution in [2.75, 3.05) is 13.2 Å². The molecule has 0 aliphatic rings. The maximum Gasteiger partial charge on any atom is 0.276 e. The number of ether oxygens (including phenoxy) is 2. The van der Waals surface area contributed by atoms with Crippen molar-refractivity contribution >= 4 is 27.7 Å². The topological polar surface area (TPSA) is 76.7 Å². The van der Waals surface area contributed by atoms with Gasteiger partial charge in [0.1, 0.15) is 11.5 Å². The Morgan fingerprint density at radius 2 is 1.59 bits per heavy atom. The van der Waals surface area contributed by atoms with Crippen molar-refractivity contribution in [1.29, 1.82) is 0 Å². The highest BCUT2D eigenvalue weighted by atomic mass is 79.9. The van der Waals surface area contributed by atoms with Crippen LogP contribution in [-0.2, 0) is 4.79 Å². The molecule has 6 nitrogen and oxygen atoms in total. The molecule has 0 aliphatic heterocycles. The van der Waals surface area contributed by atoms with Crippen LogP contribution in [-0.4, -0.2) is 25.0 Å². The van der Waals surface area contributed by atoms with E-state index in [0.717, 1.165) is 24.0 Å². The van der Waals surface area contributed by atoms with Gasteiger partial charge in [0.15, 0.2) is 6.61 Å². The average molecular weight is 497 g/mol. The fraction of sp³-hybridized carbons (Fsp3) is 0.200. The molecule has 7 heteroatoms. The predicted molar refractivity (Wildman–Crippen MR) is 128 cm³/mol. The van der Waals surface area contributed by atoms with Crippen molar-refractivity contribution in [2.24, 2.45) is 0 Å². The highest BCUT2D eigenvalue weighted by molar-refractivity contribution is 9.10. The van der Waals surface area contributed by atoms with Gasteiger partial charge in [0.2, 0.25) is 0 Å². The Morgan fingerprint density at radius 1 is 0.875 bits per heavy atom. The van der Waals surface area contributed by atoms with E-state index in [9.17, 15) is 9.59 Å². The summed E-state index contributed by atoms with van der Waals surface area (Å²) >= 11 is 3.41. The van der Waals surface area contributed by atoms with E-state index in [1.165, 1.54) is 0 Å². The first-order chi connectivity index (χ1) is 15.6. The van der Waals surface area contributed by atoms with E-state index in [-0.39, 0.29) is 6.61 Å². The Hall–Kier alpha value is -3.32. The molecule has 0 spiro atoms. The van der Waals surface area contributed by atoms with Crippen molar-refractivity contribution in [2.45, 2.75) is 19.8 Å². The number of benzene rings is 3. The van der Waals surface area contributed by atoms with Gasteiger partial charge in [-0.1, -0.05) is 55.8 Å². The number of hydrazine groups is 1. The molecule has 3 aromatic carbocycles. The largest absolute Gasteiger partial charge is 0.492 e. The quantitative estimate of drug-likeness (QED) is 0.317. The normalized spacial score (nSPS) is 10.3.